The number of ketones is 1. The second kappa shape index (κ2) is 7.79. The van der Waals surface area contributed by atoms with Crippen molar-refractivity contribution in [2.75, 3.05) is 11.1 Å². The van der Waals surface area contributed by atoms with Gasteiger partial charge in [-0.3, -0.25) is 9.59 Å². The van der Waals surface area contributed by atoms with Crippen molar-refractivity contribution in [2.24, 2.45) is 0 Å². The van der Waals surface area contributed by atoms with Crippen LogP contribution >= 0.6 is 11.3 Å². The first-order chi connectivity index (χ1) is 11.7. The molecule has 0 saturated carbocycles. The molecule has 1 aromatic heterocycles. The van der Waals surface area contributed by atoms with E-state index in [2.05, 4.69) is 5.32 Å². The van der Waals surface area contributed by atoms with Crippen LogP contribution < -0.4 is 5.32 Å². The van der Waals surface area contributed by atoms with Crippen LogP contribution in [0.4, 0.5) is 5.69 Å². The Morgan fingerprint density at radius 3 is 2.48 bits per heavy atom. The molecule has 1 amide bonds. The van der Waals surface area contributed by atoms with Crippen molar-refractivity contribution < 1.29 is 23.1 Å². The van der Waals surface area contributed by atoms with Gasteiger partial charge in [-0.15, -0.1) is 11.3 Å². The van der Waals surface area contributed by atoms with Crippen molar-refractivity contribution in [1.29, 1.82) is 0 Å². The fourth-order valence-corrected chi connectivity index (χ4v) is 3.86. The largest absolute Gasteiger partial charge is 0.506 e. The Balaban J connectivity index is 2.03. The van der Waals surface area contributed by atoms with E-state index in [9.17, 15) is 23.1 Å². The van der Waals surface area contributed by atoms with Crippen molar-refractivity contribution in [3.8, 4) is 5.75 Å². The summed E-state index contributed by atoms with van der Waals surface area (Å²) in [5, 5.41) is 12.3. The lowest BCUT2D eigenvalue weighted by atomic mass is 10.2. The number of carbonyl (C=O) groups is 2. The number of nitrogens with one attached hydrogen (secondary N) is 1. The number of Topliss-reactive ketones (excluding diaryl/α,β-unsaturated/α-hetero) is 1. The number of aromatic hydroxyl groups is 1. The normalized spacial score (nSPS) is 11.3. The number of sulfone groups is 1. The molecule has 2 N–H and O–H groups in total. The van der Waals surface area contributed by atoms with Gasteiger partial charge in [0.1, 0.15) is 5.75 Å². The standard InChI is InChI=1S/C17H19NO5S2/c1-3-25(22,23)12-5-6-14(19)13(10-12)18-17(21)9-7-15(20)16-8-4-11(2)24-16/h4-6,8,10,19H,3,7,9H2,1-2H3,(H,18,21). The summed E-state index contributed by atoms with van der Waals surface area (Å²) in [6.45, 7) is 3.41. The van der Waals surface area contributed by atoms with Crippen molar-refractivity contribution in [3.63, 3.8) is 0 Å². The number of benzene rings is 1. The van der Waals surface area contributed by atoms with Gasteiger partial charge in [-0.1, -0.05) is 6.92 Å². The van der Waals surface area contributed by atoms with Crippen LogP contribution in [0.2, 0.25) is 0 Å². The van der Waals surface area contributed by atoms with Gasteiger partial charge in [0.2, 0.25) is 5.91 Å². The third-order valence-corrected chi connectivity index (χ3v) is 6.35. The van der Waals surface area contributed by atoms with E-state index in [0.29, 0.717) is 4.88 Å². The van der Waals surface area contributed by atoms with E-state index >= 15 is 0 Å². The molecule has 134 valence electrons. The van der Waals surface area contributed by atoms with Crippen LogP contribution in [0.15, 0.2) is 35.2 Å². The Morgan fingerprint density at radius 2 is 1.88 bits per heavy atom. The van der Waals surface area contributed by atoms with Gasteiger partial charge in [0.15, 0.2) is 15.6 Å². The van der Waals surface area contributed by atoms with Gasteiger partial charge in [0.05, 0.1) is 21.2 Å². The highest BCUT2D eigenvalue weighted by molar-refractivity contribution is 7.91. The minimum atomic E-state index is -3.45. The van der Waals surface area contributed by atoms with Gasteiger partial charge < -0.3 is 10.4 Å². The summed E-state index contributed by atoms with van der Waals surface area (Å²) in [6, 6.07) is 7.29. The Labute approximate surface area is 150 Å². The molecule has 25 heavy (non-hydrogen) atoms. The first-order valence-electron chi connectivity index (χ1n) is 7.68. The molecule has 0 radical (unpaired) electrons. The van der Waals surface area contributed by atoms with Crippen LogP contribution in [0.5, 0.6) is 5.75 Å². The first-order valence-corrected chi connectivity index (χ1v) is 10.1. The Kier molecular flexibility index (Phi) is 5.97. The van der Waals surface area contributed by atoms with Gasteiger partial charge in [-0.05, 0) is 37.3 Å². The molecule has 1 heterocycles. The van der Waals surface area contributed by atoms with Crippen LogP contribution in [-0.2, 0) is 14.6 Å². The van der Waals surface area contributed by atoms with Gasteiger partial charge in [-0.25, -0.2) is 8.42 Å². The third-order valence-electron chi connectivity index (χ3n) is 3.58. The highest BCUT2D eigenvalue weighted by atomic mass is 32.2. The van der Waals surface area contributed by atoms with E-state index < -0.39 is 15.7 Å². The van der Waals surface area contributed by atoms with Crippen LogP contribution in [0.1, 0.15) is 34.3 Å². The molecular weight excluding hydrogens is 362 g/mol. The molecule has 1 aromatic carbocycles. The minimum Gasteiger partial charge on any atom is -0.506 e. The summed E-state index contributed by atoms with van der Waals surface area (Å²) < 4.78 is 23.8. The quantitative estimate of drug-likeness (QED) is 0.567. The summed E-state index contributed by atoms with van der Waals surface area (Å²) in [5.41, 5.74) is 0.0129. The fraction of sp³-hybridized carbons (Fsp3) is 0.294. The number of thiophene rings is 1. The van der Waals surface area contributed by atoms with Crippen molar-refractivity contribution in [3.05, 3.63) is 40.1 Å². The molecule has 0 atom stereocenters. The molecule has 0 bridgehead atoms. The van der Waals surface area contributed by atoms with E-state index in [1.54, 1.807) is 6.07 Å². The maximum atomic E-state index is 12.0. The van der Waals surface area contributed by atoms with E-state index in [-0.39, 0.29) is 40.7 Å². The monoisotopic (exact) mass is 381 g/mol. The maximum Gasteiger partial charge on any atom is 0.224 e. The zero-order chi connectivity index (χ0) is 18.6. The smallest absolute Gasteiger partial charge is 0.224 e. The topological polar surface area (TPSA) is 101 Å². The number of hydrogen-bond donors (Lipinski definition) is 2. The van der Waals surface area contributed by atoms with Crippen LogP contribution in [0.25, 0.3) is 0 Å². The second-order valence-corrected chi connectivity index (χ2v) is 9.03. The zero-order valence-electron chi connectivity index (χ0n) is 13.9. The van der Waals surface area contributed by atoms with Crippen LogP contribution in [0, 0.1) is 6.92 Å². The summed E-state index contributed by atoms with van der Waals surface area (Å²) in [7, 11) is -3.45. The van der Waals surface area contributed by atoms with Crippen LogP contribution in [-0.4, -0.2) is 31.0 Å². The average Bonchev–Trinajstić information content (AvgIpc) is 3.01. The van der Waals surface area contributed by atoms with Gasteiger partial charge >= 0.3 is 0 Å². The van der Waals surface area contributed by atoms with E-state index in [0.717, 1.165) is 4.88 Å². The minimum absolute atomic E-state index is 0.0129. The number of rotatable bonds is 7. The predicted octanol–water partition coefficient (Wildman–Crippen LogP) is 3.16. The van der Waals surface area contributed by atoms with Gasteiger partial charge in [-0.2, -0.15) is 0 Å². The van der Waals surface area contributed by atoms with Crippen molar-refractivity contribution >= 4 is 38.6 Å². The number of phenols is 1. The number of anilines is 1. The molecule has 6 nitrogen and oxygen atoms in total. The molecule has 0 saturated heterocycles. The molecular formula is C17H19NO5S2. The number of phenolic OH excluding ortho intramolecular Hbond substituents is 1. The predicted molar refractivity (Wildman–Crippen MR) is 97.1 cm³/mol. The molecule has 0 unspecified atom stereocenters. The molecule has 0 aliphatic carbocycles. The number of amides is 1. The van der Waals surface area contributed by atoms with Crippen molar-refractivity contribution in [2.45, 2.75) is 31.6 Å². The van der Waals surface area contributed by atoms with E-state index in [1.165, 1.54) is 36.5 Å². The average molecular weight is 381 g/mol. The molecule has 0 aliphatic rings. The molecule has 8 heteroatoms. The molecule has 0 spiro atoms. The van der Waals surface area contributed by atoms with E-state index in [4.69, 9.17) is 0 Å². The lowest BCUT2D eigenvalue weighted by molar-refractivity contribution is -0.116. The number of carbonyl (C=O) groups excluding carboxylic acids is 2. The molecule has 0 aliphatic heterocycles. The van der Waals surface area contributed by atoms with Crippen molar-refractivity contribution in [1.82, 2.24) is 0 Å². The highest BCUT2D eigenvalue weighted by Crippen LogP contribution is 2.27. The Morgan fingerprint density at radius 1 is 1.16 bits per heavy atom. The highest BCUT2D eigenvalue weighted by Gasteiger charge is 2.16. The zero-order valence-corrected chi connectivity index (χ0v) is 15.5. The number of aryl methyl sites for hydroxylation is 1. The summed E-state index contributed by atoms with van der Waals surface area (Å²) >= 11 is 1.37. The Bertz CT molecular complexity index is 900. The summed E-state index contributed by atoms with van der Waals surface area (Å²) in [6.07, 6.45) is -0.0144. The lowest BCUT2D eigenvalue weighted by Gasteiger charge is -2.09. The maximum absolute atomic E-state index is 12.0. The van der Waals surface area contributed by atoms with Gasteiger partial charge in [0, 0.05) is 17.7 Å². The summed E-state index contributed by atoms with van der Waals surface area (Å²) in [5.74, 6) is -0.911. The van der Waals surface area contributed by atoms with Gasteiger partial charge in [0.25, 0.3) is 0 Å². The molecule has 0 fully saturated rings. The number of hydrogen-bond acceptors (Lipinski definition) is 6. The SMILES string of the molecule is CCS(=O)(=O)c1ccc(O)c(NC(=O)CCC(=O)c2ccc(C)s2)c1. The fourth-order valence-electron chi connectivity index (χ4n) is 2.12. The third kappa shape index (κ3) is 4.90. The van der Waals surface area contributed by atoms with E-state index in [1.807, 2.05) is 13.0 Å². The lowest BCUT2D eigenvalue weighted by Crippen LogP contribution is -2.14. The Hall–Kier alpha value is -2.19. The first kappa shape index (κ1) is 19.1. The summed E-state index contributed by atoms with van der Waals surface area (Å²) in [4.78, 5) is 25.7. The van der Waals surface area contributed by atoms with Crippen LogP contribution in [0.3, 0.4) is 0 Å². The second-order valence-electron chi connectivity index (χ2n) is 5.46. The molecule has 2 aromatic rings. The molecule has 2 rings (SSSR count).